The Morgan fingerprint density at radius 3 is 2.56 bits per heavy atom. The summed E-state index contributed by atoms with van der Waals surface area (Å²) in [6.07, 6.45) is 2.29. The molecule has 142 valence electrons. The number of halogens is 2. The summed E-state index contributed by atoms with van der Waals surface area (Å²) in [6, 6.07) is 9.11. The van der Waals surface area contributed by atoms with Crippen molar-refractivity contribution < 1.29 is 4.74 Å². The molecule has 25 heavy (non-hydrogen) atoms. The molecule has 1 aliphatic heterocycles. The predicted octanol–water partition coefficient (Wildman–Crippen LogP) is 3.23. The Balaban J connectivity index is 0.00000312. The third-order valence-electron chi connectivity index (χ3n) is 4.16. The van der Waals surface area contributed by atoms with Crippen LogP contribution in [0.2, 0.25) is 0 Å². The molecule has 0 atom stereocenters. The van der Waals surface area contributed by atoms with Crippen molar-refractivity contribution in [2.45, 2.75) is 32.4 Å². The molecule has 2 N–H and O–H groups in total. The number of hydrogen-bond acceptors (Lipinski definition) is 3. The van der Waals surface area contributed by atoms with E-state index in [4.69, 9.17) is 4.74 Å². The molecule has 1 fully saturated rings. The largest absolute Gasteiger partial charge is 0.383 e. The van der Waals surface area contributed by atoms with Gasteiger partial charge in [0.15, 0.2) is 5.96 Å². The van der Waals surface area contributed by atoms with E-state index in [1.807, 2.05) is 0 Å². The van der Waals surface area contributed by atoms with E-state index in [-0.39, 0.29) is 24.0 Å². The number of guanidine groups is 1. The van der Waals surface area contributed by atoms with E-state index in [0.717, 1.165) is 49.5 Å². The van der Waals surface area contributed by atoms with Crippen LogP contribution in [0.4, 0.5) is 0 Å². The fraction of sp³-hybridized carbons (Fsp3) is 0.611. The molecule has 1 aromatic rings. The Labute approximate surface area is 177 Å². The van der Waals surface area contributed by atoms with Crippen LogP contribution in [0.15, 0.2) is 33.7 Å². The Morgan fingerprint density at radius 1 is 1.28 bits per heavy atom. The summed E-state index contributed by atoms with van der Waals surface area (Å²) in [7, 11) is 1.71. The van der Waals surface area contributed by atoms with E-state index in [0.29, 0.717) is 19.2 Å². The van der Waals surface area contributed by atoms with Gasteiger partial charge in [-0.15, -0.1) is 24.0 Å². The molecule has 1 aliphatic rings. The average Bonchev–Trinajstić information content (AvgIpc) is 2.59. The third-order valence-corrected chi connectivity index (χ3v) is 4.69. The summed E-state index contributed by atoms with van der Waals surface area (Å²) in [4.78, 5) is 7.07. The van der Waals surface area contributed by atoms with Gasteiger partial charge in [-0.05, 0) is 37.5 Å². The fourth-order valence-corrected chi connectivity index (χ4v) is 3.11. The lowest BCUT2D eigenvalue weighted by molar-refractivity contribution is 0.198. The van der Waals surface area contributed by atoms with Crippen LogP contribution in [0.25, 0.3) is 0 Å². The quantitative estimate of drug-likeness (QED) is 0.249. The first kappa shape index (κ1) is 22.7. The summed E-state index contributed by atoms with van der Waals surface area (Å²) >= 11 is 3.49. The average molecular weight is 525 g/mol. The molecule has 1 aromatic carbocycles. The molecule has 0 bridgehead atoms. The Bertz CT molecular complexity index is 504. The lowest BCUT2D eigenvalue weighted by atomic mass is 10.0. The molecule has 0 unspecified atom stereocenters. The highest BCUT2D eigenvalue weighted by atomic mass is 127. The van der Waals surface area contributed by atoms with Gasteiger partial charge in [-0.3, -0.25) is 9.89 Å². The van der Waals surface area contributed by atoms with Crippen LogP contribution in [-0.2, 0) is 11.3 Å². The molecule has 0 saturated carbocycles. The lowest BCUT2D eigenvalue weighted by Gasteiger charge is -2.33. The van der Waals surface area contributed by atoms with Gasteiger partial charge in [-0.2, -0.15) is 0 Å². The maximum Gasteiger partial charge on any atom is 0.191 e. The van der Waals surface area contributed by atoms with Gasteiger partial charge >= 0.3 is 0 Å². The van der Waals surface area contributed by atoms with E-state index < -0.39 is 0 Å². The van der Waals surface area contributed by atoms with Crippen molar-refractivity contribution in [2.75, 3.05) is 39.9 Å². The second-order valence-electron chi connectivity index (χ2n) is 6.07. The minimum atomic E-state index is 0. The monoisotopic (exact) mass is 524 g/mol. The molecule has 1 saturated heterocycles. The van der Waals surface area contributed by atoms with Crippen molar-refractivity contribution in [3.63, 3.8) is 0 Å². The number of rotatable bonds is 7. The summed E-state index contributed by atoms with van der Waals surface area (Å²) in [6.45, 7) is 7.57. The normalized spacial score (nSPS) is 16.4. The van der Waals surface area contributed by atoms with Crippen LogP contribution in [0.3, 0.4) is 0 Å². The SMILES string of the molecule is CCNC(=NCCOC)NC1CCN(Cc2ccc(Br)cc2)CC1.I. The molecule has 7 heteroatoms. The van der Waals surface area contributed by atoms with Crippen molar-refractivity contribution in [1.29, 1.82) is 0 Å². The molecule has 0 amide bonds. The number of aliphatic imine (C=N–C) groups is 1. The van der Waals surface area contributed by atoms with Crippen LogP contribution in [0.5, 0.6) is 0 Å². The van der Waals surface area contributed by atoms with Gasteiger partial charge in [-0.1, -0.05) is 28.1 Å². The van der Waals surface area contributed by atoms with Crippen LogP contribution in [-0.4, -0.2) is 56.8 Å². The third kappa shape index (κ3) is 8.70. The molecular formula is C18H30BrIN4O. The topological polar surface area (TPSA) is 48.9 Å². The van der Waals surface area contributed by atoms with Crippen molar-refractivity contribution >= 4 is 45.9 Å². The number of piperidine rings is 1. The van der Waals surface area contributed by atoms with E-state index in [2.05, 4.69) is 67.6 Å². The first-order valence-electron chi connectivity index (χ1n) is 8.72. The first-order chi connectivity index (χ1) is 11.7. The Kier molecular flexibility index (Phi) is 11.7. The molecular weight excluding hydrogens is 495 g/mol. The summed E-state index contributed by atoms with van der Waals surface area (Å²) in [5.41, 5.74) is 1.37. The van der Waals surface area contributed by atoms with Crippen molar-refractivity contribution in [2.24, 2.45) is 4.99 Å². The van der Waals surface area contributed by atoms with Gasteiger partial charge in [0.25, 0.3) is 0 Å². The van der Waals surface area contributed by atoms with E-state index in [1.54, 1.807) is 7.11 Å². The highest BCUT2D eigenvalue weighted by Crippen LogP contribution is 2.16. The number of ether oxygens (including phenoxy) is 1. The molecule has 0 aromatic heterocycles. The second-order valence-corrected chi connectivity index (χ2v) is 6.99. The Morgan fingerprint density at radius 2 is 1.96 bits per heavy atom. The molecule has 1 heterocycles. The number of nitrogens with one attached hydrogen (secondary N) is 2. The number of methoxy groups -OCH3 is 1. The van der Waals surface area contributed by atoms with E-state index in [9.17, 15) is 0 Å². The number of benzene rings is 1. The molecule has 0 aliphatic carbocycles. The van der Waals surface area contributed by atoms with Crippen molar-refractivity contribution in [1.82, 2.24) is 15.5 Å². The van der Waals surface area contributed by atoms with Gasteiger partial charge in [0.05, 0.1) is 13.2 Å². The van der Waals surface area contributed by atoms with Crippen LogP contribution in [0, 0.1) is 0 Å². The van der Waals surface area contributed by atoms with Gasteiger partial charge in [-0.25, -0.2) is 0 Å². The minimum absolute atomic E-state index is 0. The lowest BCUT2D eigenvalue weighted by Crippen LogP contribution is -2.48. The summed E-state index contributed by atoms with van der Waals surface area (Å²) < 4.78 is 6.20. The van der Waals surface area contributed by atoms with Crippen LogP contribution < -0.4 is 10.6 Å². The fourth-order valence-electron chi connectivity index (χ4n) is 2.85. The highest BCUT2D eigenvalue weighted by molar-refractivity contribution is 14.0. The summed E-state index contributed by atoms with van der Waals surface area (Å²) in [5, 5.41) is 6.87. The first-order valence-corrected chi connectivity index (χ1v) is 9.51. The number of likely N-dealkylation sites (tertiary alicyclic amines) is 1. The number of nitrogens with zero attached hydrogens (tertiary/aromatic N) is 2. The van der Waals surface area contributed by atoms with Gasteiger partial charge in [0.1, 0.15) is 0 Å². The zero-order valence-corrected chi connectivity index (χ0v) is 19.0. The van der Waals surface area contributed by atoms with Gasteiger partial charge in [0, 0.05) is 43.8 Å². The number of hydrogen-bond donors (Lipinski definition) is 2. The molecule has 2 rings (SSSR count). The van der Waals surface area contributed by atoms with E-state index in [1.165, 1.54) is 5.56 Å². The van der Waals surface area contributed by atoms with E-state index >= 15 is 0 Å². The Hall–Kier alpha value is -0.380. The maximum absolute atomic E-state index is 5.07. The predicted molar refractivity (Wildman–Crippen MR) is 119 cm³/mol. The summed E-state index contributed by atoms with van der Waals surface area (Å²) in [5.74, 6) is 0.904. The molecule has 0 spiro atoms. The molecule has 0 radical (unpaired) electrons. The second kappa shape index (κ2) is 12.9. The van der Waals surface area contributed by atoms with Crippen LogP contribution >= 0.6 is 39.9 Å². The standard InChI is InChI=1S/C18H29BrN4O.HI/c1-3-20-18(21-10-13-24-2)22-17-8-11-23(12-9-17)14-15-4-6-16(19)7-5-15;/h4-7,17H,3,8-14H2,1-2H3,(H2,20,21,22);1H. The van der Waals surface area contributed by atoms with Crippen molar-refractivity contribution in [3.05, 3.63) is 34.3 Å². The highest BCUT2D eigenvalue weighted by Gasteiger charge is 2.20. The van der Waals surface area contributed by atoms with Gasteiger partial charge in [0.2, 0.25) is 0 Å². The zero-order chi connectivity index (χ0) is 17.2. The smallest absolute Gasteiger partial charge is 0.191 e. The zero-order valence-electron chi connectivity index (χ0n) is 15.1. The maximum atomic E-state index is 5.07. The molecule has 5 nitrogen and oxygen atoms in total. The minimum Gasteiger partial charge on any atom is -0.383 e. The van der Waals surface area contributed by atoms with Gasteiger partial charge < -0.3 is 15.4 Å². The van der Waals surface area contributed by atoms with Crippen molar-refractivity contribution in [3.8, 4) is 0 Å². The van der Waals surface area contributed by atoms with Crippen LogP contribution in [0.1, 0.15) is 25.3 Å².